The monoisotopic (exact) mass is 564 g/mol. The number of hydrogen-bond acceptors (Lipinski definition) is 4. The summed E-state index contributed by atoms with van der Waals surface area (Å²) in [5.41, 5.74) is 8.18. The average molecular weight is 565 g/mol. The summed E-state index contributed by atoms with van der Waals surface area (Å²) in [5, 5.41) is 4.48. The predicted molar refractivity (Wildman–Crippen MR) is 177 cm³/mol. The first-order valence-electron chi connectivity index (χ1n) is 14.6. The number of para-hydroxylation sites is 3. The molecule has 5 aromatic carbocycles. The van der Waals surface area contributed by atoms with Crippen LogP contribution in [-0.4, -0.2) is 29.1 Å². The molecular weight excluding hydrogens is 540 g/mol. The van der Waals surface area contributed by atoms with Gasteiger partial charge in [-0.3, -0.25) is 4.57 Å². The Kier molecular flexibility index (Phi) is 5.40. The number of nitrogens with zero attached hydrogens (tertiary/aromatic N) is 6. The molecule has 6 nitrogen and oxygen atoms in total. The van der Waals surface area contributed by atoms with Crippen molar-refractivity contribution < 1.29 is 0 Å². The van der Waals surface area contributed by atoms with Gasteiger partial charge in [-0.05, 0) is 48.5 Å². The number of aromatic nitrogens is 6. The van der Waals surface area contributed by atoms with Crippen LogP contribution in [0.3, 0.4) is 0 Å². The molecule has 9 rings (SSSR count). The van der Waals surface area contributed by atoms with Gasteiger partial charge in [-0.1, -0.05) is 78.9 Å². The van der Waals surface area contributed by atoms with Crippen LogP contribution in [0.25, 0.3) is 77.9 Å². The van der Waals surface area contributed by atoms with E-state index in [1.54, 1.807) is 12.4 Å². The summed E-state index contributed by atoms with van der Waals surface area (Å²) < 4.78 is 4.45. The first-order valence-corrected chi connectivity index (χ1v) is 14.6. The van der Waals surface area contributed by atoms with Gasteiger partial charge in [0.05, 0.1) is 27.8 Å². The average Bonchev–Trinajstić information content (AvgIpc) is 3.66. The SMILES string of the molecule is c1ccc(-n2ccc3cc4c(cc32)c2ccccc2n4-c2nc(-c3ccc(-c4ncccn4)cc3)c3ccccc3n2)cc1. The zero-order valence-corrected chi connectivity index (χ0v) is 23.5. The van der Waals surface area contributed by atoms with Gasteiger partial charge in [0.25, 0.3) is 0 Å². The van der Waals surface area contributed by atoms with Crippen molar-refractivity contribution in [3.8, 4) is 34.3 Å². The zero-order chi connectivity index (χ0) is 29.0. The molecule has 0 radical (unpaired) electrons. The normalized spacial score (nSPS) is 11.6. The minimum Gasteiger partial charge on any atom is -0.317 e. The van der Waals surface area contributed by atoms with Crippen molar-refractivity contribution in [3.05, 3.63) is 146 Å². The highest BCUT2D eigenvalue weighted by atomic mass is 15.2. The van der Waals surface area contributed by atoms with Crippen LogP contribution in [-0.2, 0) is 0 Å². The van der Waals surface area contributed by atoms with Crippen molar-refractivity contribution in [1.82, 2.24) is 29.1 Å². The van der Waals surface area contributed by atoms with E-state index < -0.39 is 0 Å². The largest absolute Gasteiger partial charge is 0.317 e. The molecule has 0 aliphatic heterocycles. The van der Waals surface area contributed by atoms with Gasteiger partial charge >= 0.3 is 0 Å². The van der Waals surface area contributed by atoms with E-state index in [1.807, 2.05) is 24.3 Å². The number of benzene rings is 5. The Balaban J connectivity index is 1.28. The van der Waals surface area contributed by atoms with Crippen LogP contribution in [0.4, 0.5) is 0 Å². The summed E-state index contributed by atoms with van der Waals surface area (Å²) in [7, 11) is 0. The number of fused-ring (bicyclic) bond motifs is 5. The second-order valence-corrected chi connectivity index (χ2v) is 10.8. The lowest BCUT2D eigenvalue weighted by molar-refractivity contribution is 1.01. The Morgan fingerprint density at radius 1 is 0.500 bits per heavy atom. The highest BCUT2D eigenvalue weighted by molar-refractivity contribution is 6.13. The molecule has 0 saturated heterocycles. The third-order valence-corrected chi connectivity index (χ3v) is 8.29. The maximum absolute atomic E-state index is 5.26. The fourth-order valence-electron chi connectivity index (χ4n) is 6.24. The van der Waals surface area contributed by atoms with Crippen molar-refractivity contribution in [1.29, 1.82) is 0 Å². The first kappa shape index (κ1) is 24.5. The van der Waals surface area contributed by atoms with Crippen LogP contribution < -0.4 is 0 Å². The number of hydrogen-bond donors (Lipinski definition) is 0. The molecule has 4 aromatic heterocycles. The molecule has 9 aromatic rings. The van der Waals surface area contributed by atoms with Gasteiger partial charge in [0.15, 0.2) is 5.82 Å². The lowest BCUT2D eigenvalue weighted by atomic mass is 10.0. The zero-order valence-electron chi connectivity index (χ0n) is 23.5. The van der Waals surface area contributed by atoms with Crippen molar-refractivity contribution in [2.75, 3.05) is 0 Å². The van der Waals surface area contributed by atoms with E-state index in [2.05, 4.69) is 128 Å². The van der Waals surface area contributed by atoms with Crippen LogP contribution in [0.1, 0.15) is 0 Å². The topological polar surface area (TPSA) is 61.4 Å². The van der Waals surface area contributed by atoms with Gasteiger partial charge in [-0.2, -0.15) is 0 Å². The van der Waals surface area contributed by atoms with E-state index in [1.165, 1.54) is 0 Å². The maximum atomic E-state index is 5.26. The van der Waals surface area contributed by atoms with Crippen LogP contribution >= 0.6 is 0 Å². The lowest BCUT2D eigenvalue weighted by Gasteiger charge is -2.12. The van der Waals surface area contributed by atoms with Gasteiger partial charge < -0.3 is 4.57 Å². The van der Waals surface area contributed by atoms with E-state index >= 15 is 0 Å². The lowest BCUT2D eigenvalue weighted by Crippen LogP contribution is -2.03. The fraction of sp³-hybridized carbons (Fsp3) is 0. The van der Waals surface area contributed by atoms with Crippen molar-refractivity contribution >= 4 is 43.6 Å². The molecule has 44 heavy (non-hydrogen) atoms. The minimum absolute atomic E-state index is 0.641. The van der Waals surface area contributed by atoms with Crippen molar-refractivity contribution in [2.24, 2.45) is 0 Å². The van der Waals surface area contributed by atoms with E-state index in [0.717, 1.165) is 66.1 Å². The second-order valence-electron chi connectivity index (χ2n) is 10.8. The predicted octanol–water partition coefficient (Wildman–Crippen LogP) is 8.79. The Hall–Kier alpha value is -6.14. The molecule has 0 bridgehead atoms. The van der Waals surface area contributed by atoms with Crippen LogP contribution in [0.15, 0.2) is 146 Å². The van der Waals surface area contributed by atoms with Gasteiger partial charge in [-0.15, -0.1) is 0 Å². The molecule has 0 spiro atoms. The summed E-state index contributed by atoms with van der Waals surface area (Å²) in [6.45, 7) is 0. The fourth-order valence-corrected chi connectivity index (χ4v) is 6.24. The van der Waals surface area contributed by atoms with Crippen LogP contribution in [0, 0.1) is 0 Å². The van der Waals surface area contributed by atoms with Gasteiger partial charge in [0.2, 0.25) is 5.95 Å². The Bertz CT molecular complexity index is 2480. The van der Waals surface area contributed by atoms with Crippen LogP contribution in [0.5, 0.6) is 0 Å². The standard InChI is InChI=1S/C38H24N6/c1-2-9-28(10-3-1)43-22-19-27-23-35-31(24-34(27)43)29-11-5-7-14-33(29)44(35)38-41-32-13-6-4-12-30(32)36(42-38)25-15-17-26(18-16-25)37-39-20-8-21-40-37/h1-24H. The Labute approximate surface area is 252 Å². The molecule has 0 amide bonds. The highest BCUT2D eigenvalue weighted by Crippen LogP contribution is 2.36. The van der Waals surface area contributed by atoms with Gasteiger partial charge in [0.1, 0.15) is 0 Å². The third-order valence-electron chi connectivity index (χ3n) is 8.29. The molecule has 4 heterocycles. The third kappa shape index (κ3) is 3.82. The van der Waals surface area contributed by atoms with Gasteiger partial charge in [-0.25, -0.2) is 19.9 Å². The molecule has 0 saturated carbocycles. The molecule has 0 unspecified atom stereocenters. The summed E-state index contributed by atoms with van der Waals surface area (Å²) in [6.07, 6.45) is 5.66. The van der Waals surface area contributed by atoms with E-state index in [0.29, 0.717) is 11.8 Å². The van der Waals surface area contributed by atoms with Crippen molar-refractivity contribution in [2.45, 2.75) is 0 Å². The van der Waals surface area contributed by atoms with E-state index in [4.69, 9.17) is 9.97 Å². The Morgan fingerprint density at radius 2 is 1.23 bits per heavy atom. The highest BCUT2D eigenvalue weighted by Gasteiger charge is 2.19. The summed E-state index contributed by atoms with van der Waals surface area (Å²) >= 11 is 0. The second kappa shape index (κ2) is 9.71. The summed E-state index contributed by atoms with van der Waals surface area (Å²) in [4.78, 5) is 19.2. The quantitative estimate of drug-likeness (QED) is 0.214. The van der Waals surface area contributed by atoms with E-state index in [-0.39, 0.29) is 0 Å². The first-order chi connectivity index (χ1) is 21.8. The minimum atomic E-state index is 0.641. The van der Waals surface area contributed by atoms with Gasteiger partial charge in [0, 0.05) is 56.9 Å². The molecule has 0 N–H and O–H groups in total. The molecule has 6 heteroatoms. The molecule has 0 aliphatic carbocycles. The summed E-state index contributed by atoms with van der Waals surface area (Å²) in [6, 6.07) is 44.0. The molecule has 0 aliphatic rings. The smallest absolute Gasteiger partial charge is 0.235 e. The summed E-state index contributed by atoms with van der Waals surface area (Å²) in [5.74, 6) is 1.34. The number of rotatable bonds is 4. The van der Waals surface area contributed by atoms with Crippen molar-refractivity contribution in [3.63, 3.8) is 0 Å². The van der Waals surface area contributed by atoms with Crippen LogP contribution in [0.2, 0.25) is 0 Å². The maximum Gasteiger partial charge on any atom is 0.235 e. The van der Waals surface area contributed by atoms with E-state index in [9.17, 15) is 0 Å². The molecular formula is C38H24N6. The molecule has 206 valence electrons. The Morgan fingerprint density at radius 3 is 2.07 bits per heavy atom. The molecule has 0 atom stereocenters. The molecule has 0 fully saturated rings.